The number of ether oxygens (including phenoxy) is 1. The largest absolute Gasteiger partial charge is 0.494 e. The van der Waals surface area contributed by atoms with Crippen LogP contribution in [0.5, 0.6) is 5.75 Å². The van der Waals surface area contributed by atoms with Gasteiger partial charge in [0, 0.05) is 10.7 Å². The molecule has 32 heavy (non-hydrogen) atoms. The third-order valence-electron chi connectivity index (χ3n) is 5.16. The first kappa shape index (κ1) is 21.7. The lowest BCUT2D eigenvalue weighted by Crippen LogP contribution is -2.32. The fourth-order valence-corrected chi connectivity index (χ4v) is 3.79. The number of anilines is 2. The summed E-state index contributed by atoms with van der Waals surface area (Å²) in [5.41, 5.74) is 3.28. The maximum atomic E-state index is 13.5. The van der Waals surface area contributed by atoms with Gasteiger partial charge in [0.1, 0.15) is 11.4 Å². The molecule has 1 N–H and O–H groups in total. The number of hydrogen-bond acceptors (Lipinski definition) is 4. The maximum Gasteiger partial charge on any atom is 0.282 e. The van der Waals surface area contributed by atoms with Crippen molar-refractivity contribution in [2.75, 3.05) is 16.8 Å². The van der Waals surface area contributed by atoms with E-state index in [4.69, 9.17) is 16.3 Å². The predicted molar refractivity (Wildman–Crippen MR) is 128 cm³/mol. The van der Waals surface area contributed by atoms with Crippen LogP contribution < -0.4 is 15.0 Å². The van der Waals surface area contributed by atoms with Gasteiger partial charge >= 0.3 is 0 Å². The topological polar surface area (TPSA) is 58.6 Å². The summed E-state index contributed by atoms with van der Waals surface area (Å²) in [7, 11) is 0. The van der Waals surface area contributed by atoms with E-state index in [2.05, 4.69) is 5.32 Å². The Labute approximate surface area is 192 Å². The molecule has 4 rings (SSSR count). The Balaban J connectivity index is 1.77. The van der Waals surface area contributed by atoms with Crippen LogP contribution in [0.15, 0.2) is 78.5 Å². The number of imide groups is 1. The van der Waals surface area contributed by atoms with E-state index in [9.17, 15) is 9.59 Å². The van der Waals surface area contributed by atoms with E-state index in [0.29, 0.717) is 34.1 Å². The Hall–Kier alpha value is -3.57. The first-order valence-corrected chi connectivity index (χ1v) is 10.8. The lowest BCUT2D eigenvalue weighted by atomic mass is 10.0. The number of para-hydroxylation sites is 1. The molecular weight excluding hydrogens is 424 g/mol. The van der Waals surface area contributed by atoms with Crippen molar-refractivity contribution in [3.8, 4) is 5.75 Å². The highest BCUT2D eigenvalue weighted by molar-refractivity contribution is 6.46. The average Bonchev–Trinajstić information content (AvgIpc) is 3.04. The number of hydrogen-bond donors (Lipinski definition) is 1. The van der Waals surface area contributed by atoms with Gasteiger partial charge in [0.15, 0.2) is 0 Å². The van der Waals surface area contributed by atoms with Crippen LogP contribution in [0.2, 0.25) is 5.02 Å². The van der Waals surface area contributed by atoms with Gasteiger partial charge in [-0.3, -0.25) is 9.59 Å². The monoisotopic (exact) mass is 446 g/mol. The Morgan fingerprint density at radius 3 is 2.31 bits per heavy atom. The molecule has 0 radical (unpaired) electrons. The Bertz CT molecular complexity index is 1190. The molecule has 0 spiro atoms. The Kier molecular flexibility index (Phi) is 6.28. The quantitative estimate of drug-likeness (QED) is 0.463. The molecule has 1 aliphatic rings. The van der Waals surface area contributed by atoms with E-state index >= 15 is 0 Å². The molecule has 0 atom stereocenters. The van der Waals surface area contributed by atoms with Crippen molar-refractivity contribution in [3.05, 3.63) is 94.6 Å². The fourth-order valence-electron chi connectivity index (χ4n) is 3.56. The molecule has 0 aromatic heterocycles. The second kappa shape index (κ2) is 9.28. The van der Waals surface area contributed by atoms with Crippen LogP contribution in [0, 0.1) is 6.92 Å². The molecule has 0 bridgehead atoms. The first-order chi connectivity index (χ1) is 15.5. The number of halogens is 1. The smallest absolute Gasteiger partial charge is 0.282 e. The van der Waals surface area contributed by atoms with Crippen LogP contribution in [0.4, 0.5) is 11.4 Å². The lowest BCUT2D eigenvalue weighted by Gasteiger charge is -2.15. The third kappa shape index (κ3) is 4.25. The molecule has 0 saturated carbocycles. The van der Waals surface area contributed by atoms with Crippen molar-refractivity contribution in [1.29, 1.82) is 0 Å². The molecule has 0 aliphatic carbocycles. The zero-order chi connectivity index (χ0) is 22.7. The van der Waals surface area contributed by atoms with Crippen molar-refractivity contribution in [3.63, 3.8) is 0 Å². The van der Waals surface area contributed by atoms with Crippen LogP contribution >= 0.6 is 11.6 Å². The van der Waals surface area contributed by atoms with E-state index in [0.717, 1.165) is 17.7 Å². The number of amides is 2. The third-order valence-corrected chi connectivity index (χ3v) is 5.40. The van der Waals surface area contributed by atoms with Crippen LogP contribution in [-0.4, -0.2) is 18.4 Å². The molecule has 6 heteroatoms. The highest BCUT2D eigenvalue weighted by Gasteiger charge is 2.40. The van der Waals surface area contributed by atoms with Crippen molar-refractivity contribution in [2.24, 2.45) is 0 Å². The normalized spacial score (nSPS) is 13.7. The van der Waals surface area contributed by atoms with Crippen LogP contribution in [0.25, 0.3) is 5.57 Å². The van der Waals surface area contributed by atoms with E-state index < -0.39 is 5.91 Å². The first-order valence-electron chi connectivity index (χ1n) is 10.4. The Morgan fingerprint density at radius 2 is 1.66 bits per heavy atom. The summed E-state index contributed by atoms with van der Waals surface area (Å²) in [6.07, 6.45) is 0.903. The number of rotatable bonds is 7. The Morgan fingerprint density at radius 1 is 0.938 bits per heavy atom. The van der Waals surface area contributed by atoms with Crippen LogP contribution in [0.1, 0.15) is 24.5 Å². The van der Waals surface area contributed by atoms with Crippen LogP contribution in [-0.2, 0) is 9.59 Å². The minimum absolute atomic E-state index is 0.228. The van der Waals surface area contributed by atoms with Crippen molar-refractivity contribution in [1.82, 2.24) is 0 Å². The second-order valence-electron chi connectivity index (χ2n) is 7.49. The average molecular weight is 447 g/mol. The highest BCUT2D eigenvalue weighted by atomic mass is 35.5. The summed E-state index contributed by atoms with van der Waals surface area (Å²) < 4.78 is 5.65. The number of benzene rings is 3. The van der Waals surface area contributed by atoms with Crippen LogP contribution in [0.3, 0.4) is 0 Å². The van der Waals surface area contributed by atoms with Gasteiger partial charge in [-0.05, 0) is 66.9 Å². The van der Waals surface area contributed by atoms with Gasteiger partial charge in [0.25, 0.3) is 11.8 Å². The molecule has 0 saturated heterocycles. The van der Waals surface area contributed by atoms with Crippen molar-refractivity contribution >= 4 is 40.4 Å². The summed E-state index contributed by atoms with van der Waals surface area (Å²) in [5, 5.41) is 3.79. The number of carbonyl (C=O) groups excluding carboxylic acids is 2. The fraction of sp³-hybridized carbons (Fsp3) is 0.154. The molecule has 162 valence electrons. The van der Waals surface area contributed by atoms with Gasteiger partial charge in [0.05, 0.1) is 17.9 Å². The van der Waals surface area contributed by atoms with Crippen molar-refractivity contribution in [2.45, 2.75) is 20.3 Å². The standard InChI is InChI=1S/C26H23ClN2O3/c1-3-15-32-21-12-9-18(10-13-21)23-24(28-22-14-11-19(27)16-17(22)2)26(31)29(25(23)30)20-7-5-4-6-8-20/h4-14,16,28H,3,15H2,1-2H3. The molecule has 1 heterocycles. The van der Waals surface area contributed by atoms with Gasteiger partial charge in [-0.25, -0.2) is 4.90 Å². The minimum Gasteiger partial charge on any atom is -0.494 e. The van der Waals surface area contributed by atoms with E-state index in [-0.39, 0.29) is 11.6 Å². The summed E-state index contributed by atoms with van der Waals surface area (Å²) in [6, 6.07) is 21.5. The molecule has 3 aromatic carbocycles. The molecule has 3 aromatic rings. The molecular formula is C26H23ClN2O3. The summed E-state index contributed by atoms with van der Waals surface area (Å²) >= 11 is 6.08. The van der Waals surface area contributed by atoms with Gasteiger partial charge in [-0.2, -0.15) is 0 Å². The molecule has 2 amide bonds. The number of nitrogens with one attached hydrogen (secondary N) is 1. The zero-order valence-corrected chi connectivity index (χ0v) is 18.6. The SMILES string of the molecule is CCCOc1ccc(C2=C(Nc3ccc(Cl)cc3C)C(=O)N(c3ccccc3)C2=O)cc1. The van der Waals surface area contributed by atoms with Crippen molar-refractivity contribution < 1.29 is 14.3 Å². The van der Waals surface area contributed by atoms with E-state index in [1.54, 1.807) is 54.6 Å². The summed E-state index contributed by atoms with van der Waals surface area (Å²) in [5.74, 6) is -0.0645. The molecule has 5 nitrogen and oxygen atoms in total. The minimum atomic E-state index is -0.406. The zero-order valence-electron chi connectivity index (χ0n) is 17.9. The maximum absolute atomic E-state index is 13.5. The van der Waals surface area contributed by atoms with E-state index in [1.165, 1.54) is 4.90 Å². The number of carbonyl (C=O) groups is 2. The predicted octanol–water partition coefficient (Wildman–Crippen LogP) is 5.83. The second-order valence-corrected chi connectivity index (χ2v) is 7.92. The summed E-state index contributed by atoms with van der Waals surface area (Å²) in [6.45, 7) is 4.55. The molecule has 1 aliphatic heterocycles. The number of nitrogens with zero attached hydrogens (tertiary/aromatic N) is 1. The number of aryl methyl sites for hydroxylation is 1. The molecule has 0 fully saturated rings. The lowest BCUT2D eigenvalue weighted by molar-refractivity contribution is -0.120. The summed E-state index contributed by atoms with van der Waals surface area (Å²) in [4.78, 5) is 28.1. The highest BCUT2D eigenvalue weighted by Crippen LogP contribution is 2.35. The van der Waals surface area contributed by atoms with Gasteiger partial charge in [-0.15, -0.1) is 0 Å². The van der Waals surface area contributed by atoms with E-state index in [1.807, 2.05) is 32.0 Å². The van der Waals surface area contributed by atoms with Gasteiger partial charge in [-0.1, -0.05) is 48.9 Å². The molecule has 0 unspecified atom stereocenters. The van der Waals surface area contributed by atoms with Gasteiger partial charge in [0.2, 0.25) is 0 Å². The van der Waals surface area contributed by atoms with Gasteiger partial charge < -0.3 is 10.1 Å².